The molecule has 166 valence electrons. The van der Waals surface area contributed by atoms with E-state index in [4.69, 9.17) is 10.1 Å². The van der Waals surface area contributed by atoms with E-state index in [1.807, 2.05) is 0 Å². The van der Waals surface area contributed by atoms with Crippen molar-refractivity contribution in [2.75, 3.05) is 6.54 Å². The molecule has 0 atom stereocenters. The van der Waals surface area contributed by atoms with Crippen molar-refractivity contribution < 1.29 is 34.3 Å². The Bertz CT molecular complexity index is 956. The van der Waals surface area contributed by atoms with Crippen molar-refractivity contribution in [3.05, 3.63) is 54.1 Å². The number of ether oxygens (including phenoxy) is 1. The first-order chi connectivity index (χ1) is 13.4. The summed E-state index contributed by atoms with van der Waals surface area (Å²) in [5, 5.41) is 12.1. The molecule has 0 radical (unpaired) electrons. The van der Waals surface area contributed by atoms with Gasteiger partial charge in [-0.05, 0) is 39.0 Å². The predicted octanol–water partition coefficient (Wildman–Crippen LogP) is 5.76. The van der Waals surface area contributed by atoms with Crippen LogP contribution < -0.4 is 10.6 Å². The van der Waals surface area contributed by atoms with E-state index in [0.717, 1.165) is 12.1 Å². The molecular weight excluding hydrogens is 429 g/mol. The summed E-state index contributed by atoms with van der Waals surface area (Å²) in [6, 6.07) is 9.10. The second-order valence-corrected chi connectivity index (χ2v) is 10.0. The Balaban J connectivity index is 2.14. The summed E-state index contributed by atoms with van der Waals surface area (Å²) in [5.41, 5.74) is 0.496. The van der Waals surface area contributed by atoms with Crippen LogP contribution in [0.25, 0.3) is 0 Å². The molecule has 1 amide bonds. The molecule has 0 aliphatic heterocycles. The molecule has 11 heteroatoms. The molecule has 30 heavy (non-hydrogen) atoms. The lowest BCUT2D eigenvalue weighted by molar-refractivity contribution is -0.478. The van der Waals surface area contributed by atoms with Gasteiger partial charge in [0.05, 0.1) is 17.8 Å². The van der Waals surface area contributed by atoms with Crippen LogP contribution in [0.4, 0.5) is 35.6 Å². The maximum atomic E-state index is 12.8. The average molecular weight is 452 g/mol. The highest BCUT2D eigenvalue weighted by Gasteiger charge is 2.65. The summed E-state index contributed by atoms with van der Waals surface area (Å²) in [6.07, 6.45) is -0.694. The van der Waals surface area contributed by atoms with Crippen molar-refractivity contribution in [3.8, 4) is 0 Å². The number of hydrogen-bond donors (Lipinski definition) is 3. The van der Waals surface area contributed by atoms with E-state index in [9.17, 15) is 24.2 Å². The number of nitrogens with two attached hydrogens (primary N) is 1. The molecule has 0 saturated carbocycles. The quantitative estimate of drug-likeness (QED) is 0.296. The Hall–Kier alpha value is -2.66. The zero-order valence-corrected chi connectivity index (χ0v) is 17.3. The van der Waals surface area contributed by atoms with Gasteiger partial charge in [-0.1, -0.05) is 31.6 Å². The van der Waals surface area contributed by atoms with Crippen LogP contribution >= 0.6 is 10.2 Å². The summed E-state index contributed by atoms with van der Waals surface area (Å²) in [6.45, 7) is 4.96. The van der Waals surface area contributed by atoms with E-state index in [-0.39, 0.29) is 17.9 Å². The van der Waals surface area contributed by atoms with Gasteiger partial charge in [0.2, 0.25) is 0 Å². The van der Waals surface area contributed by atoms with E-state index < -0.39 is 26.8 Å². The summed E-state index contributed by atoms with van der Waals surface area (Å²) < 4.78 is 69.3. The van der Waals surface area contributed by atoms with Gasteiger partial charge in [-0.15, -0.1) is 0 Å². The highest BCUT2D eigenvalue weighted by Crippen LogP contribution is 3.02. The summed E-state index contributed by atoms with van der Waals surface area (Å²) in [7, 11) is -9.73. The third-order valence-corrected chi connectivity index (χ3v) is 4.91. The monoisotopic (exact) mass is 452 g/mol. The molecule has 0 aromatic heterocycles. The van der Waals surface area contributed by atoms with E-state index in [2.05, 4.69) is 5.32 Å². The maximum absolute atomic E-state index is 12.8. The Morgan fingerprint density at radius 2 is 1.60 bits per heavy atom. The van der Waals surface area contributed by atoms with Gasteiger partial charge in [0.15, 0.2) is 0 Å². The van der Waals surface area contributed by atoms with Crippen LogP contribution in [-0.4, -0.2) is 24.0 Å². The lowest BCUT2D eigenvalue weighted by atomic mass is 10.1. The van der Waals surface area contributed by atoms with Crippen LogP contribution in [0.15, 0.2) is 53.4 Å². The minimum absolute atomic E-state index is 0.0383. The van der Waals surface area contributed by atoms with E-state index >= 15 is 0 Å². The van der Waals surface area contributed by atoms with Crippen molar-refractivity contribution >= 4 is 33.4 Å². The zero-order chi connectivity index (χ0) is 22.9. The maximum Gasteiger partial charge on any atom is 0.407 e. The second-order valence-electron chi connectivity index (χ2n) is 7.60. The number of amides is 1. The van der Waals surface area contributed by atoms with E-state index in [1.165, 1.54) is 5.32 Å². The van der Waals surface area contributed by atoms with Crippen LogP contribution in [0.3, 0.4) is 0 Å². The van der Waals surface area contributed by atoms with E-state index in [0.29, 0.717) is 23.4 Å². The molecule has 5 nitrogen and oxygen atoms in total. The van der Waals surface area contributed by atoms with Gasteiger partial charge >= 0.3 is 16.3 Å². The lowest BCUT2D eigenvalue weighted by Gasteiger charge is -2.40. The number of quaternary nitrogens is 1. The van der Waals surface area contributed by atoms with Crippen LogP contribution in [0.2, 0.25) is 0 Å². The normalized spacial score (nSPS) is 14.4. The number of halogens is 5. The first-order valence-corrected chi connectivity index (χ1v) is 10.7. The van der Waals surface area contributed by atoms with Crippen molar-refractivity contribution in [1.82, 2.24) is 5.32 Å². The number of carbonyl (C=O) groups excluding carboxylic acids is 1. The highest BCUT2D eigenvalue weighted by atomic mass is 32.5. The van der Waals surface area contributed by atoms with Crippen molar-refractivity contribution in [1.29, 1.82) is 5.41 Å². The number of benzene rings is 2. The van der Waals surface area contributed by atoms with Gasteiger partial charge in [-0.2, -0.15) is 0 Å². The largest absolute Gasteiger partial charge is 0.444 e. The van der Waals surface area contributed by atoms with E-state index in [1.54, 1.807) is 45.0 Å². The molecule has 2 rings (SSSR count). The van der Waals surface area contributed by atoms with Gasteiger partial charge in [0, 0.05) is 18.2 Å². The third kappa shape index (κ3) is 6.99. The standard InChI is InChI=1S/C19H22F5N3O2S/c1-19(2,3)29-18(28)26-12-16(25)15-6-4-5-7-17(15)27-13-8-10-14(11-9-13)30(20,21,22,23)24/h4-11,25,27H,12H2,1-3H3,(H,26,28)/p+1. The Morgan fingerprint density at radius 3 is 2.13 bits per heavy atom. The number of hydrogen-bond acceptors (Lipinski definition) is 3. The zero-order valence-electron chi connectivity index (χ0n) is 16.5. The summed E-state index contributed by atoms with van der Waals surface area (Å²) >= 11 is 0. The van der Waals surface area contributed by atoms with Crippen molar-refractivity contribution in [3.63, 3.8) is 0 Å². The smallest absolute Gasteiger partial charge is 0.407 e. The topological polar surface area (TPSA) is 78.8 Å². The van der Waals surface area contributed by atoms with Gasteiger partial charge in [-0.3, -0.25) is 5.32 Å². The molecule has 0 aliphatic rings. The number of para-hydroxylation sites is 1. The summed E-state index contributed by atoms with van der Waals surface area (Å²) in [4.78, 5) is 9.78. The van der Waals surface area contributed by atoms with Crippen LogP contribution in [0.1, 0.15) is 26.3 Å². The van der Waals surface area contributed by atoms with Crippen LogP contribution in [0.5, 0.6) is 0 Å². The molecule has 0 spiro atoms. The third-order valence-electron chi connectivity index (χ3n) is 3.74. The molecule has 0 heterocycles. The first kappa shape index (κ1) is 23.6. The predicted molar refractivity (Wildman–Crippen MR) is 107 cm³/mol. The fourth-order valence-electron chi connectivity index (χ4n) is 2.47. The number of rotatable bonds is 6. The molecule has 0 fully saturated rings. The lowest BCUT2D eigenvalue weighted by Crippen LogP contribution is -2.71. The van der Waals surface area contributed by atoms with Gasteiger partial charge in [0.1, 0.15) is 21.9 Å². The molecule has 0 unspecified atom stereocenters. The second kappa shape index (κ2) is 7.24. The van der Waals surface area contributed by atoms with Crippen LogP contribution in [0, 0.1) is 5.41 Å². The number of alkyl carbamates (subject to hydrolysis) is 1. The van der Waals surface area contributed by atoms with Gasteiger partial charge in [-0.25, -0.2) is 4.79 Å². The fraction of sp³-hybridized carbons (Fsp3) is 0.263. The molecule has 0 bridgehead atoms. The molecule has 0 aliphatic carbocycles. The highest BCUT2D eigenvalue weighted by molar-refractivity contribution is 8.45. The van der Waals surface area contributed by atoms with Crippen LogP contribution in [-0.2, 0) is 4.74 Å². The number of carbonyl (C=O) groups is 1. The Kier molecular flexibility index (Phi) is 5.70. The molecule has 4 N–H and O–H groups in total. The molecule has 2 aromatic carbocycles. The van der Waals surface area contributed by atoms with Crippen molar-refractivity contribution in [2.45, 2.75) is 31.3 Å². The minimum atomic E-state index is -9.73. The van der Waals surface area contributed by atoms with Gasteiger partial charge < -0.3 is 15.5 Å². The minimum Gasteiger partial charge on any atom is -0.444 e. The summed E-state index contributed by atoms with van der Waals surface area (Å²) in [5.74, 6) is 0. The molecule has 0 saturated heterocycles. The average Bonchev–Trinajstić information content (AvgIpc) is 2.57. The fourth-order valence-corrected chi connectivity index (χ4v) is 3.12. The Morgan fingerprint density at radius 1 is 1.03 bits per heavy atom. The Labute approximate surface area is 170 Å². The number of nitrogens with one attached hydrogen (secondary N) is 2. The van der Waals surface area contributed by atoms with Gasteiger partial charge in [0.25, 0.3) is 0 Å². The first-order valence-electron chi connectivity index (χ1n) is 8.77. The SMILES string of the molecule is CC(C)(C)OC(=O)NCC(=N)c1ccccc1[NH2+]c1ccc(S(F)(F)(F)(F)F)cc1. The van der Waals surface area contributed by atoms with Crippen molar-refractivity contribution in [2.24, 2.45) is 0 Å². The molecule has 2 aromatic rings. The molecular formula is C19H23F5N3O2S+.